The van der Waals surface area contributed by atoms with Gasteiger partial charge in [0.15, 0.2) is 0 Å². The molecule has 20 heavy (non-hydrogen) atoms. The van der Waals surface area contributed by atoms with Crippen LogP contribution in [0.5, 0.6) is 0 Å². The first kappa shape index (κ1) is 15.4. The summed E-state index contributed by atoms with van der Waals surface area (Å²) in [6, 6.07) is 4.75. The molecule has 0 aliphatic carbocycles. The second-order valence-corrected chi connectivity index (χ2v) is 6.14. The Morgan fingerprint density at radius 1 is 1.25 bits per heavy atom. The van der Waals surface area contributed by atoms with Crippen LogP contribution in [0.4, 0.5) is 0 Å². The minimum atomic E-state index is 0.625. The highest BCUT2D eigenvalue weighted by Crippen LogP contribution is 2.13. The van der Waals surface area contributed by atoms with Gasteiger partial charge in [-0.15, -0.1) is 0 Å². The first-order valence-corrected chi connectivity index (χ1v) is 7.69. The quantitative estimate of drug-likeness (QED) is 0.852. The predicted octanol–water partition coefficient (Wildman–Crippen LogP) is 1.44. The Bertz CT molecular complexity index is 371. The summed E-state index contributed by atoms with van der Waals surface area (Å²) in [6.07, 6.45) is 3.76. The number of hydrogen-bond acceptors (Lipinski definition) is 4. The zero-order chi connectivity index (χ0) is 14.4. The molecule has 1 N–H and O–H groups in total. The van der Waals surface area contributed by atoms with Crippen molar-refractivity contribution >= 4 is 0 Å². The van der Waals surface area contributed by atoms with Crippen LogP contribution in [-0.2, 0) is 6.54 Å². The smallest absolute Gasteiger partial charge is 0.0312 e. The maximum atomic E-state index is 4.16. The van der Waals surface area contributed by atoms with E-state index in [1.807, 2.05) is 18.5 Å². The van der Waals surface area contributed by atoms with Crippen LogP contribution in [0.1, 0.15) is 19.4 Å². The van der Waals surface area contributed by atoms with Gasteiger partial charge in [-0.1, -0.05) is 19.9 Å². The van der Waals surface area contributed by atoms with E-state index in [-0.39, 0.29) is 0 Å². The van der Waals surface area contributed by atoms with E-state index in [1.54, 1.807) is 0 Å². The van der Waals surface area contributed by atoms with Gasteiger partial charge in [0.2, 0.25) is 0 Å². The highest BCUT2D eigenvalue weighted by Gasteiger charge is 2.24. The number of piperazine rings is 1. The summed E-state index contributed by atoms with van der Waals surface area (Å²) in [5.41, 5.74) is 1.26. The molecule has 1 aromatic heterocycles. The van der Waals surface area contributed by atoms with Crippen molar-refractivity contribution in [1.29, 1.82) is 0 Å². The fraction of sp³-hybridized carbons (Fsp3) is 0.688. The maximum absolute atomic E-state index is 4.16. The van der Waals surface area contributed by atoms with E-state index < -0.39 is 0 Å². The van der Waals surface area contributed by atoms with E-state index in [4.69, 9.17) is 0 Å². The molecule has 0 aromatic carbocycles. The molecule has 1 fully saturated rings. The van der Waals surface area contributed by atoms with Crippen LogP contribution >= 0.6 is 0 Å². The number of nitrogens with one attached hydrogen (secondary N) is 1. The molecule has 0 bridgehead atoms. The number of hydrogen-bond donors (Lipinski definition) is 1. The summed E-state index contributed by atoms with van der Waals surface area (Å²) < 4.78 is 0. The van der Waals surface area contributed by atoms with Gasteiger partial charge >= 0.3 is 0 Å². The summed E-state index contributed by atoms with van der Waals surface area (Å²) in [7, 11) is 2.21. The van der Waals surface area contributed by atoms with Crippen LogP contribution in [-0.4, -0.2) is 60.6 Å². The van der Waals surface area contributed by atoms with Gasteiger partial charge in [-0.2, -0.15) is 0 Å². The molecule has 1 aromatic rings. The molecule has 0 amide bonds. The Labute approximate surface area is 123 Å². The third-order valence-corrected chi connectivity index (χ3v) is 4.18. The van der Waals surface area contributed by atoms with Crippen molar-refractivity contribution in [2.24, 2.45) is 5.92 Å². The molecule has 112 valence electrons. The zero-order valence-corrected chi connectivity index (χ0v) is 13.0. The maximum Gasteiger partial charge on any atom is 0.0312 e. The first-order valence-electron chi connectivity index (χ1n) is 7.69. The topological polar surface area (TPSA) is 31.4 Å². The van der Waals surface area contributed by atoms with Gasteiger partial charge in [-0.3, -0.25) is 9.88 Å². The van der Waals surface area contributed by atoms with Gasteiger partial charge in [0.1, 0.15) is 0 Å². The molecule has 1 atom stereocenters. The molecule has 0 spiro atoms. The van der Waals surface area contributed by atoms with Gasteiger partial charge in [-0.05, 0) is 24.6 Å². The van der Waals surface area contributed by atoms with Gasteiger partial charge in [0.25, 0.3) is 0 Å². The minimum Gasteiger partial charge on any atom is -0.311 e. The zero-order valence-electron chi connectivity index (χ0n) is 13.0. The van der Waals surface area contributed by atoms with Gasteiger partial charge in [0.05, 0.1) is 0 Å². The highest BCUT2D eigenvalue weighted by atomic mass is 15.3. The van der Waals surface area contributed by atoms with Crippen molar-refractivity contribution in [2.45, 2.75) is 26.4 Å². The van der Waals surface area contributed by atoms with Crippen molar-refractivity contribution in [3.8, 4) is 0 Å². The van der Waals surface area contributed by atoms with E-state index in [0.29, 0.717) is 12.0 Å². The summed E-state index contributed by atoms with van der Waals surface area (Å²) in [6.45, 7) is 11.4. The number of nitrogens with zero attached hydrogens (tertiary/aromatic N) is 3. The summed E-state index contributed by atoms with van der Waals surface area (Å²) in [5, 5.41) is 3.60. The highest BCUT2D eigenvalue weighted by molar-refractivity contribution is 5.07. The van der Waals surface area contributed by atoms with Crippen molar-refractivity contribution in [1.82, 2.24) is 20.1 Å². The molecule has 4 heteroatoms. The SMILES string of the molecule is CC(C)C(CNCc1cccnc1)N1CCN(C)CC1. The van der Waals surface area contributed by atoms with E-state index in [1.165, 1.54) is 31.7 Å². The molecule has 1 aliphatic rings. The summed E-state index contributed by atoms with van der Waals surface area (Å²) in [5.74, 6) is 0.680. The molecule has 0 radical (unpaired) electrons. The van der Waals surface area contributed by atoms with Crippen LogP contribution in [0.3, 0.4) is 0 Å². The lowest BCUT2D eigenvalue weighted by Crippen LogP contribution is -2.53. The fourth-order valence-corrected chi connectivity index (χ4v) is 2.81. The third-order valence-electron chi connectivity index (χ3n) is 4.18. The summed E-state index contributed by atoms with van der Waals surface area (Å²) >= 11 is 0. The average Bonchev–Trinajstić information content (AvgIpc) is 2.46. The Morgan fingerprint density at radius 2 is 2.00 bits per heavy atom. The molecule has 4 nitrogen and oxygen atoms in total. The van der Waals surface area contributed by atoms with Crippen molar-refractivity contribution in [2.75, 3.05) is 39.8 Å². The van der Waals surface area contributed by atoms with Crippen LogP contribution in [0.25, 0.3) is 0 Å². The lowest BCUT2D eigenvalue weighted by molar-refractivity contribution is 0.0875. The number of aromatic nitrogens is 1. The Balaban J connectivity index is 1.80. The Kier molecular flexibility index (Phi) is 5.95. The molecule has 0 saturated carbocycles. The van der Waals surface area contributed by atoms with Crippen LogP contribution in [0, 0.1) is 5.92 Å². The average molecular weight is 276 g/mol. The van der Waals surface area contributed by atoms with Gasteiger partial charge in [-0.25, -0.2) is 0 Å². The number of likely N-dealkylation sites (N-methyl/N-ethyl adjacent to an activating group) is 1. The van der Waals surface area contributed by atoms with Gasteiger partial charge in [0, 0.05) is 57.7 Å². The van der Waals surface area contributed by atoms with Gasteiger partial charge < -0.3 is 10.2 Å². The van der Waals surface area contributed by atoms with Crippen molar-refractivity contribution in [3.05, 3.63) is 30.1 Å². The largest absolute Gasteiger partial charge is 0.311 e. The molecular formula is C16H28N4. The molecular weight excluding hydrogens is 248 g/mol. The first-order chi connectivity index (χ1) is 9.66. The van der Waals surface area contributed by atoms with Crippen LogP contribution in [0.2, 0.25) is 0 Å². The van der Waals surface area contributed by atoms with E-state index >= 15 is 0 Å². The number of rotatable bonds is 6. The molecule has 2 rings (SSSR count). The Hall–Kier alpha value is -0.970. The second-order valence-electron chi connectivity index (χ2n) is 6.14. The lowest BCUT2D eigenvalue weighted by Gasteiger charge is -2.40. The molecule has 2 heterocycles. The fourth-order valence-electron chi connectivity index (χ4n) is 2.81. The van der Waals surface area contributed by atoms with E-state index in [9.17, 15) is 0 Å². The van der Waals surface area contributed by atoms with Crippen LogP contribution < -0.4 is 5.32 Å². The molecule has 1 saturated heterocycles. The predicted molar refractivity (Wildman–Crippen MR) is 83.6 cm³/mol. The monoisotopic (exact) mass is 276 g/mol. The number of pyridine rings is 1. The van der Waals surface area contributed by atoms with Crippen molar-refractivity contribution in [3.63, 3.8) is 0 Å². The van der Waals surface area contributed by atoms with Crippen LogP contribution in [0.15, 0.2) is 24.5 Å². The second kappa shape index (κ2) is 7.72. The van der Waals surface area contributed by atoms with E-state index in [0.717, 1.165) is 13.1 Å². The summed E-state index contributed by atoms with van der Waals surface area (Å²) in [4.78, 5) is 9.21. The standard InChI is InChI=1S/C16H28N4/c1-14(2)16(20-9-7-19(3)8-10-20)13-18-12-15-5-4-6-17-11-15/h4-6,11,14,16,18H,7-10,12-13H2,1-3H3. The third kappa shape index (κ3) is 4.54. The van der Waals surface area contributed by atoms with Crippen molar-refractivity contribution < 1.29 is 0 Å². The minimum absolute atomic E-state index is 0.625. The molecule has 1 aliphatic heterocycles. The molecule has 1 unspecified atom stereocenters. The normalized spacial score (nSPS) is 19.4. The lowest BCUT2D eigenvalue weighted by atomic mass is 10.0. The van der Waals surface area contributed by atoms with E-state index in [2.05, 4.69) is 47.1 Å². The Morgan fingerprint density at radius 3 is 2.60 bits per heavy atom.